The highest BCUT2D eigenvalue weighted by atomic mass is 19.4. The van der Waals surface area contributed by atoms with Gasteiger partial charge >= 0.3 is 24.7 Å². The second kappa shape index (κ2) is 11.1. The molecule has 0 spiro atoms. The van der Waals surface area contributed by atoms with Crippen molar-refractivity contribution in [1.82, 2.24) is 19.9 Å². The number of hydrogen-bond donors (Lipinski definition) is 0. The van der Waals surface area contributed by atoms with Crippen LogP contribution in [0, 0.1) is 45.3 Å². The third kappa shape index (κ3) is 6.50. The molecule has 0 unspecified atom stereocenters. The molecule has 0 atom stereocenters. The first-order valence-corrected chi connectivity index (χ1v) is 10.8. The van der Waals surface area contributed by atoms with Crippen LogP contribution in [0.5, 0.6) is 0 Å². The van der Waals surface area contributed by atoms with E-state index >= 15 is 0 Å². The average Bonchev–Trinajstić information content (AvgIpc) is 2.91. The Kier molecular flexibility index (Phi) is 8.30. The van der Waals surface area contributed by atoms with Crippen molar-refractivity contribution in [2.45, 2.75) is 24.7 Å². The van der Waals surface area contributed by atoms with E-state index in [2.05, 4.69) is 19.9 Å². The van der Waals surface area contributed by atoms with Crippen molar-refractivity contribution < 1.29 is 52.7 Å². The van der Waals surface area contributed by atoms with E-state index in [9.17, 15) is 73.7 Å². The zero-order valence-corrected chi connectivity index (χ0v) is 20.4. The molecule has 0 bridgehead atoms. The number of nitrogens with zero attached hydrogens (tertiary/aromatic N) is 8. The van der Waals surface area contributed by atoms with Crippen LogP contribution in [0.2, 0.25) is 0 Å². The molecule has 3 aromatic rings. The van der Waals surface area contributed by atoms with Gasteiger partial charge in [0.1, 0.15) is 35.7 Å². The monoisotopic (exact) mass is 632 g/mol. The molecule has 0 fully saturated rings. The van der Waals surface area contributed by atoms with Crippen LogP contribution in [0.4, 0.5) is 52.7 Å². The van der Waals surface area contributed by atoms with E-state index in [0.717, 1.165) is 0 Å². The maximum absolute atomic E-state index is 13.3. The fourth-order valence-electron chi connectivity index (χ4n) is 3.46. The van der Waals surface area contributed by atoms with Gasteiger partial charge < -0.3 is 0 Å². The minimum atomic E-state index is -5.56. The van der Waals surface area contributed by atoms with Crippen molar-refractivity contribution in [1.29, 1.82) is 21.0 Å². The van der Waals surface area contributed by atoms with Crippen molar-refractivity contribution >= 4 is 11.1 Å². The van der Waals surface area contributed by atoms with Crippen LogP contribution < -0.4 is 10.4 Å². The van der Waals surface area contributed by atoms with Gasteiger partial charge in [0, 0.05) is 10.4 Å². The SMILES string of the molecule is N#C/C(c1cc(C(F)(F)F)nc(C(F)(F)F)n1)=c1\cc/c(=C(\C#N)c2cc(C(F)(F)F)nc(C(F)(F)F)n2)c(C#N)c1C#N. The van der Waals surface area contributed by atoms with Crippen molar-refractivity contribution in [2.75, 3.05) is 0 Å². The molecule has 2 aromatic heterocycles. The number of alkyl halides is 12. The van der Waals surface area contributed by atoms with Gasteiger partial charge in [0.15, 0.2) is 0 Å². The topological polar surface area (TPSA) is 147 Å². The van der Waals surface area contributed by atoms with E-state index < -0.39 is 91.8 Å². The van der Waals surface area contributed by atoms with Gasteiger partial charge in [-0.15, -0.1) is 0 Å². The van der Waals surface area contributed by atoms with Crippen LogP contribution in [0.25, 0.3) is 11.1 Å². The summed E-state index contributed by atoms with van der Waals surface area (Å²) in [4.78, 5) is 10.6. The summed E-state index contributed by atoms with van der Waals surface area (Å²) in [7, 11) is 0. The molecule has 224 valence electrons. The fourth-order valence-corrected chi connectivity index (χ4v) is 3.46. The molecule has 0 radical (unpaired) electrons. The lowest BCUT2D eigenvalue weighted by molar-refractivity contribution is -0.154. The molecule has 20 heteroatoms. The largest absolute Gasteiger partial charge is 0.451 e. The molecule has 1 aromatic carbocycles. The van der Waals surface area contributed by atoms with Gasteiger partial charge in [-0.3, -0.25) is 0 Å². The highest BCUT2D eigenvalue weighted by Gasteiger charge is 2.42. The zero-order chi connectivity index (χ0) is 33.4. The number of hydrogen-bond acceptors (Lipinski definition) is 8. The van der Waals surface area contributed by atoms with Gasteiger partial charge in [0.05, 0.1) is 33.7 Å². The highest BCUT2D eigenvalue weighted by molar-refractivity contribution is 5.79. The van der Waals surface area contributed by atoms with Gasteiger partial charge in [-0.1, -0.05) is 12.1 Å². The van der Waals surface area contributed by atoms with E-state index in [1.807, 2.05) is 0 Å². The van der Waals surface area contributed by atoms with Gasteiger partial charge in [-0.25, -0.2) is 19.9 Å². The number of benzene rings is 1. The normalized spacial score (nSPS) is 13.6. The molecule has 44 heavy (non-hydrogen) atoms. The Morgan fingerprint density at radius 2 is 0.818 bits per heavy atom. The summed E-state index contributed by atoms with van der Waals surface area (Å²) in [6.07, 6.45) is -22.1. The summed E-state index contributed by atoms with van der Waals surface area (Å²) in [6.45, 7) is 0. The van der Waals surface area contributed by atoms with Crippen LogP contribution >= 0.6 is 0 Å². The van der Waals surface area contributed by atoms with Crippen LogP contribution in [0.15, 0.2) is 24.3 Å². The van der Waals surface area contributed by atoms with Crippen LogP contribution in [-0.4, -0.2) is 19.9 Å². The van der Waals surface area contributed by atoms with Gasteiger partial charge in [-0.2, -0.15) is 73.7 Å². The van der Waals surface area contributed by atoms with Crippen molar-refractivity contribution in [2.24, 2.45) is 0 Å². The van der Waals surface area contributed by atoms with E-state index in [4.69, 9.17) is 0 Å². The molecule has 0 amide bonds. The van der Waals surface area contributed by atoms with Crippen LogP contribution in [-0.2, 0) is 24.7 Å². The highest BCUT2D eigenvalue weighted by Crippen LogP contribution is 2.34. The van der Waals surface area contributed by atoms with Crippen LogP contribution in [0.3, 0.4) is 0 Å². The maximum atomic E-state index is 13.3. The first-order valence-electron chi connectivity index (χ1n) is 10.8. The van der Waals surface area contributed by atoms with E-state index in [1.54, 1.807) is 0 Å². The second-order valence-corrected chi connectivity index (χ2v) is 8.02. The third-order valence-electron chi connectivity index (χ3n) is 5.24. The van der Waals surface area contributed by atoms with E-state index in [1.165, 1.54) is 24.3 Å². The fraction of sp³-hybridized carbons (Fsp3) is 0.167. The second-order valence-electron chi connectivity index (χ2n) is 8.02. The Morgan fingerprint density at radius 1 is 0.500 bits per heavy atom. The molecule has 0 saturated carbocycles. The average molecular weight is 632 g/mol. The molecule has 2 heterocycles. The van der Waals surface area contributed by atoms with Gasteiger partial charge in [0.2, 0.25) is 11.6 Å². The molecule has 0 saturated heterocycles. The predicted octanol–water partition coefficient (Wildman–Crippen LogP) is 4.53. The summed E-state index contributed by atoms with van der Waals surface area (Å²) in [5.74, 6) is -4.67. The van der Waals surface area contributed by atoms with Crippen LogP contribution in [0.1, 0.15) is 45.6 Å². The zero-order valence-electron chi connectivity index (χ0n) is 20.4. The first kappa shape index (κ1) is 32.8. The molecule has 0 aliphatic rings. The quantitative estimate of drug-likeness (QED) is 0.375. The summed E-state index contributed by atoms with van der Waals surface area (Å²) < 4.78 is 159. The Morgan fingerprint density at radius 3 is 1.05 bits per heavy atom. The summed E-state index contributed by atoms with van der Waals surface area (Å²) in [6, 6.07) is 6.23. The Balaban J connectivity index is 2.56. The minimum Gasteiger partial charge on any atom is -0.224 e. The Labute approximate surface area is 234 Å². The summed E-state index contributed by atoms with van der Waals surface area (Å²) in [5, 5.41) is 37.0. The molecule has 8 nitrogen and oxygen atoms in total. The van der Waals surface area contributed by atoms with Crippen molar-refractivity contribution in [3.8, 4) is 24.3 Å². The van der Waals surface area contributed by atoms with E-state index in [-0.39, 0.29) is 12.1 Å². The van der Waals surface area contributed by atoms with Gasteiger partial charge in [0.25, 0.3) is 0 Å². The number of nitriles is 4. The lowest BCUT2D eigenvalue weighted by Crippen LogP contribution is -2.25. The smallest absolute Gasteiger partial charge is 0.224 e. The molecule has 0 aliphatic heterocycles. The predicted molar refractivity (Wildman–Crippen MR) is 115 cm³/mol. The van der Waals surface area contributed by atoms with Crippen molar-refractivity contribution in [3.05, 3.63) is 80.3 Å². The molecule has 0 aliphatic carbocycles. The number of rotatable bonds is 2. The molecule has 3 rings (SSSR count). The van der Waals surface area contributed by atoms with E-state index in [0.29, 0.717) is 12.1 Å². The molecule has 0 N–H and O–H groups in total. The first-order chi connectivity index (χ1) is 20.2. The lowest BCUT2D eigenvalue weighted by atomic mass is 9.96. The number of halogens is 12. The molecular weight excluding hydrogens is 628 g/mol. The minimum absolute atomic E-state index is 0.0695. The lowest BCUT2D eigenvalue weighted by Gasteiger charge is -2.12. The summed E-state index contributed by atoms with van der Waals surface area (Å²) in [5.41, 5.74) is -11.3. The third-order valence-corrected chi connectivity index (χ3v) is 5.24. The van der Waals surface area contributed by atoms with Gasteiger partial charge in [-0.05, 0) is 12.1 Å². The number of aromatic nitrogens is 4. The Hall–Kier alpha value is -5.76. The Bertz CT molecular complexity index is 1750. The molecular formula is C24H4F12N8. The van der Waals surface area contributed by atoms with Crippen molar-refractivity contribution in [3.63, 3.8) is 0 Å². The maximum Gasteiger partial charge on any atom is 0.451 e. The summed E-state index contributed by atoms with van der Waals surface area (Å²) >= 11 is 0. The standard InChI is InChI=1S/C24H4F12N8/c25-21(26,27)17-3-15(41-19(43-17)23(31,32)33)13(7-39)9-1-2-10(12(6-38)11(9)5-37)14(8-40)16-4-18(22(28,29)30)44-20(42-16)24(34,35)36/h1-4H/b13-9-,14-10-.